The lowest BCUT2D eigenvalue weighted by molar-refractivity contribution is 0.249. The lowest BCUT2D eigenvalue weighted by Gasteiger charge is -2.37. The van der Waals surface area contributed by atoms with Crippen LogP contribution in [0.15, 0.2) is 0 Å². The van der Waals surface area contributed by atoms with E-state index in [-0.39, 0.29) is 0 Å². The van der Waals surface area contributed by atoms with Crippen LogP contribution in [0.2, 0.25) is 0 Å². The third kappa shape index (κ3) is 1.18. The van der Waals surface area contributed by atoms with Crippen molar-refractivity contribution in [2.45, 2.75) is 40.2 Å². The van der Waals surface area contributed by atoms with Crippen molar-refractivity contribution in [1.29, 1.82) is 0 Å². The maximum absolute atomic E-state index is 6.22. The van der Waals surface area contributed by atoms with Crippen LogP contribution in [-0.4, -0.2) is 17.5 Å². The maximum Gasteiger partial charge on any atom is 0.0167 e. The van der Waals surface area contributed by atoms with Crippen molar-refractivity contribution in [1.82, 2.24) is 0 Å². The molecule has 1 saturated carbocycles. The Labute approximate surface area is 85.8 Å². The van der Waals surface area contributed by atoms with Gasteiger partial charge < -0.3 is 5.73 Å². The lowest BCUT2D eigenvalue weighted by Crippen LogP contribution is -2.32. The van der Waals surface area contributed by atoms with Crippen LogP contribution in [0.4, 0.5) is 0 Å². The smallest absolute Gasteiger partial charge is 0.0167 e. The third-order valence-corrected chi connectivity index (χ3v) is 5.92. The monoisotopic (exact) mass is 199 g/mol. The van der Waals surface area contributed by atoms with E-state index in [0.717, 1.165) is 0 Å². The van der Waals surface area contributed by atoms with Gasteiger partial charge in [-0.15, -0.1) is 0 Å². The summed E-state index contributed by atoms with van der Waals surface area (Å²) in [6.07, 6.45) is 1.32. The second-order valence-electron chi connectivity index (χ2n) is 6.19. The molecule has 1 nitrogen and oxygen atoms in total. The van der Waals surface area contributed by atoms with Crippen LogP contribution in [0.3, 0.4) is 0 Å². The molecule has 0 aromatic carbocycles. The highest BCUT2D eigenvalue weighted by atomic mass is 32.2. The van der Waals surface area contributed by atoms with E-state index in [9.17, 15) is 0 Å². The van der Waals surface area contributed by atoms with E-state index in [4.69, 9.17) is 5.73 Å². The molecule has 2 fully saturated rings. The highest BCUT2D eigenvalue weighted by Gasteiger charge is 2.70. The molecule has 2 aliphatic rings. The Bertz CT molecular complexity index is 234. The van der Waals surface area contributed by atoms with E-state index in [1.165, 1.54) is 17.9 Å². The summed E-state index contributed by atoms with van der Waals surface area (Å²) in [6.45, 7) is 9.42. The summed E-state index contributed by atoms with van der Waals surface area (Å²) in [5, 5.41) is 0. The Balaban J connectivity index is 2.19. The molecule has 2 rings (SSSR count). The van der Waals surface area contributed by atoms with Crippen LogP contribution >= 0.6 is 11.8 Å². The maximum atomic E-state index is 6.22. The SMILES string of the molecule is CC1(C)CSCC2(C1)C(N)C2(C)C. The van der Waals surface area contributed by atoms with Gasteiger partial charge in [0.1, 0.15) is 0 Å². The van der Waals surface area contributed by atoms with Gasteiger partial charge in [-0.05, 0) is 23.0 Å². The molecule has 2 N–H and O–H groups in total. The van der Waals surface area contributed by atoms with E-state index >= 15 is 0 Å². The third-order valence-electron chi connectivity index (χ3n) is 4.22. The largest absolute Gasteiger partial charge is 0.327 e. The fourth-order valence-corrected chi connectivity index (χ4v) is 4.84. The van der Waals surface area contributed by atoms with E-state index in [1.54, 1.807) is 0 Å². The van der Waals surface area contributed by atoms with Crippen LogP contribution in [0.25, 0.3) is 0 Å². The number of rotatable bonds is 0. The minimum absolute atomic E-state index is 0.387. The van der Waals surface area contributed by atoms with Crippen molar-refractivity contribution in [3.8, 4) is 0 Å². The van der Waals surface area contributed by atoms with Crippen LogP contribution in [0, 0.1) is 16.2 Å². The zero-order valence-corrected chi connectivity index (χ0v) is 10.0. The number of nitrogens with two attached hydrogens (primary N) is 1. The highest BCUT2D eigenvalue weighted by Crippen LogP contribution is 2.69. The predicted octanol–water partition coefficient (Wildman–Crippen LogP) is 2.50. The Morgan fingerprint density at radius 3 is 2.00 bits per heavy atom. The quantitative estimate of drug-likeness (QED) is 0.649. The van der Waals surface area contributed by atoms with Gasteiger partial charge in [0.2, 0.25) is 0 Å². The number of hydrogen-bond acceptors (Lipinski definition) is 2. The summed E-state index contributed by atoms with van der Waals surface area (Å²) < 4.78 is 0. The minimum Gasteiger partial charge on any atom is -0.327 e. The average molecular weight is 199 g/mol. The molecule has 1 heterocycles. The summed E-state index contributed by atoms with van der Waals surface area (Å²) in [6, 6.07) is 0.437. The Morgan fingerprint density at radius 2 is 1.69 bits per heavy atom. The zero-order chi connectivity index (χ0) is 9.91. The molecule has 76 valence electrons. The molecule has 13 heavy (non-hydrogen) atoms. The first-order chi connectivity index (χ1) is 5.82. The van der Waals surface area contributed by atoms with E-state index in [0.29, 0.717) is 22.3 Å². The van der Waals surface area contributed by atoms with Crippen LogP contribution < -0.4 is 5.73 Å². The summed E-state index contributed by atoms with van der Waals surface area (Å²) in [5.74, 6) is 2.59. The number of hydrogen-bond donors (Lipinski definition) is 1. The summed E-state index contributed by atoms with van der Waals surface area (Å²) in [4.78, 5) is 0. The normalized spacial score (nSPS) is 46.4. The van der Waals surface area contributed by atoms with Gasteiger partial charge in [0, 0.05) is 17.2 Å². The first-order valence-corrected chi connectivity index (χ1v) is 6.31. The summed E-state index contributed by atoms with van der Waals surface area (Å²) >= 11 is 2.10. The standard InChI is InChI=1S/C11H21NS/c1-9(2)5-11(7-13-6-9)8(12)10(11,3)4/h8H,5-7,12H2,1-4H3. The Kier molecular flexibility index (Phi) is 1.86. The van der Waals surface area contributed by atoms with Gasteiger partial charge in [-0.25, -0.2) is 0 Å². The second kappa shape index (κ2) is 2.46. The molecule has 0 bridgehead atoms. The van der Waals surface area contributed by atoms with Crippen LogP contribution in [-0.2, 0) is 0 Å². The van der Waals surface area contributed by atoms with Gasteiger partial charge in [-0.1, -0.05) is 27.7 Å². The Hall–Kier alpha value is 0.310. The van der Waals surface area contributed by atoms with Gasteiger partial charge in [0.25, 0.3) is 0 Å². The van der Waals surface area contributed by atoms with E-state index < -0.39 is 0 Å². The molecule has 1 aliphatic carbocycles. The summed E-state index contributed by atoms with van der Waals surface area (Å²) in [5.41, 5.74) is 7.56. The van der Waals surface area contributed by atoms with Crippen molar-refractivity contribution in [3.63, 3.8) is 0 Å². The van der Waals surface area contributed by atoms with Crippen molar-refractivity contribution in [2.24, 2.45) is 22.0 Å². The van der Waals surface area contributed by atoms with Crippen molar-refractivity contribution < 1.29 is 0 Å². The molecule has 1 aliphatic heterocycles. The molecule has 1 spiro atoms. The molecular weight excluding hydrogens is 178 g/mol. The molecule has 2 unspecified atom stereocenters. The number of thioether (sulfide) groups is 1. The van der Waals surface area contributed by atoms with Crippen LogP contribution in [0.1, 0.15) is 34.1 Å². The van der Waals surface area contributed by atoms with E-state index in [2.05, 4.69) is 39.5 Å². The fraction of sp³-hybridized carbons (Fsp3) is 1.00. The fourth-order valence-electron chi connectivity index (χ4n) is 3.07. The Morgan fingerprint density at radius 1 is 1.15 bits per heavy atom. The van der Waals surface area contributed by atoms with Gasteiger partial charge in [-0.2, -0.15) is 11.8 Å². The molecule has 1 saturated heterocycles. The molecule has 0 amide bonds. The average Bonchev–Trinajstić information content (AvgIpc) is 2.34. The molecule has 0 radical (unpaired) electrons. The summed E-state index contributed by atoms with van der Waals surface area (Å²) in [7, 11) is 0. The molecular formula is C11H21NS. The van der Waals surface area contributed by atoms with Crippen molar-refractivity contribution in [3.05, 3.63) is 0 Å². The second-order valence-corrected chi connectivity index (χ2v) is 7.17. The van der Waals surface area contributed by atoms with Gasteiger partial charge in [0.05, 0.1) is 0 Å². The van der Waals surface area contributed by atoms with Crippen LogP contribution in [0.5, 0.6) is 0 Å². The predicted molar refractivity (Wildman–Crippen MR) is 59.9 cm³/mol. The van der Waals surface area contributed by atoms with E-state index in [1.807, 2.05) is 0 Å². The van der Waals surface area contributed by atoms with Gasteiger partial charge in [0.15, 0.2) is 0 Å². The minimum atomic E-state index is 0.387. The lowest BCUT2D eigenvalue weighted by atomic mass is 9.79. The molecule has 2 heteroatoms. The molecule has 0 aromatic rings. The zero-order valence-electron chi connectivity index (χ0n) is 9.18. The van der Waals surface area contributed by atoms with Crippen molar-refractivity contribution in [2.75, 3.05) is 11.5 Å². The van der Waals surface area contributed by atoms with Crippen molar-refractivity contribution >= 4 is 11.8 Å². The highest BCUT2D eigenvalue weighted by molar-refractivity contribution is 7.99. The first kappa shape index (κ1) is 9.85. The topological polar surface area (TPSA) is 26.0 Å². The molecule has 0 aromatic heterocycles. The van der Waals surface area contributed by atoms with Gasteiger partial charge in [-0.3, -0.25) is 0 Å². The first-order valence-electron chi connectivity index (χ1n) is 5.15. The van der Waals surface area contributed by atoms with Gasteiger partial charge >= 0.3 is 0 Å². The molecule has 2 atom stereocenters.